The first-order chi connectivity index (χ1) is 13.0. The Balaban J connectivity index is 0.00000225. The van der Waals surface area contributed by atoms with Crippen molar-refractivity contribution in [2.75, 3.05) is 4.90 Å². The quantitative estimate of drug-likeness (QED) is 0.462. The first-order valence-electron chi connectivity index (χ1n) is 8.38. The van der Waals surface area contributed by atoms with E-state index in [1.807, 2.05) is 0 Å². The van der Waals surface area contributed by atoms with E-state index in [4.69, 9.17) is 4.74 Å². The Morgan fingerprint density at radius 2 is 1.46 bits per heavy atom. The van der Waals surface area contributed by atoms with Gasteiger partial charge in [-0.3, -0.25) is 0 Å². The fourth-order valence-corrected chi connectivity index (χ4v) is 4.51. The monoisotopic (exact) mass is 405 g/mol. The van der Waals surface area contributed by atoms with E-state index in [0.29, 0.717) is 22.9 Å². The van der Waals surface area contributed by atoms with Gasteiger partial charge in [-0.2, -0.15) is 0 Å². The van der Waals surface area contributed by atoms with Crippen LogP contribution in [0.5, 0.6) is 11.5 Å². The number of nitrogens with zero attached hydrogens (tertiary/aromatic N) is 3. The van der Waals surface area contributed by atoms with Gasteiger partial charge in [-0.05, 0) is 36.8 Å². The van der Waals surface area contributed by atoms with E-state index < -0.39 is 15.0 Å². The molecule has 0 radical (unpaired) electrons. The second-order valence-electron chi connectivity index (χ2n) is 6.04. The predicted octanol–water partition coefficient (Wildman–Crippen LogP) is 0.533. The van der Waals surface area contributed by atoms with Crippen molar-refractivity contribution < 1.29 is 47.3 Å². The van der Waals surface area contributed by atoms with Gasteiger partial charge in [-0.1, -0.05) is 31.2 Å². The number of hydrogen-bond acceptors (Lipinski definition) is 7. The maximum Gasteiger partial charge on any atom is 1.00 e. The van der Waals surface area contributed by atoms with Gasteiger partial charge in [0.25, 0.3) is 0 Å². The molecule has 0 aliphatic carbocycles. The normalized spacial score (nSPS) is 14.7. The molecule has 0 amide bonds. The number of ether oxygens (including phenoxy) is 1. The van der Waals surface area contributed by atoms with Crippen LogP contribution in [0, 0.1) is 0 Å². The van der Waals surface area contributed by atoms with Crippen LogP contribution in [-0.2, 0) is 15.0 Å². The zero-order chi connectivity index (χ0) is 19.1. The first-order valence-corrected chi connectivity index (χ1v) is 9.79. The summed E-state index contributed by atoms with van der Waals surface area (Å²) in [5.74, 6) is 0.830. The van der Waals surface area contributed by atoms with Crippen LogP contribution in [0.3, 0.4) is 0 Å². The van der Waals surface area contributed by atoms with Gasteiger partial charge in [-0.25, -0.2) is 18.4 Å². The molecular weight excluding hydrogens is 389 g/mol. The fraction of sp³-hybridized carbons (Fsp3) is 0.158. The van der Waals surface area contributed by atoms with Gasteiger partial charge in [0.15, 0.2) is 22.2 Å². The van der Waals surface area contributed by atoms with Gasteiger partial charge in [0.1, 0.15) is 10.1 Å². The molecule has 3 aromatic rings. The van der Waals surface area contributed by atoms with Crippen molar-refractivity contribution in [2.45, 2.75) is 18.2 Å². The van der Waals surface area contributed by atoms with E-state index in [-0.39, 0.29) is 41.8 Å². The van der Waals surface area contributed by atoms with Crippen molar-refractivity contribution in [3.05, 3.63) is 72.8 Å². The van der Waals surface area contributed by atoms with Crippen LogP contribution >= 0.6 is 0 Å². The zero-order valence-corrected chi connectivity index (χ0v) is 18.3. The molecule has 1 atom stereocenters. The summed E-state index contributed by atoms with van der Waals surface area (Å²) in [7, 11) is -4.92. The maximum atomic E-state index is 12.7. The fourth-order valence-electron chi connectivity index (χ4n) is 3.41. The summed E-state index contributed by atoms with van der Waals surface area (Å²) in [4.78, 5) is 7.74. The van der Waals surface area contributed by atoms with Gasteiger partial charge in [0.2, 0.25) is 0 Å². The molecule has 0 spiro atoms. The molecule has 0 fully saturated rings. The SMILES string of the molecule is CCC(c1ncccn1)(N1c2ccccc2Oc2ccccc21)S(=O)(=O)[O-].[Na+]. The minimum absolute atomic E-state index is 0. The second kappa shape index (κ2) is 7.81. The Hall–Kier alpha value is -1.97. The molecule has 0 bridgehead atoms. The van der Waals surface area contributed by atoms with Crippen LogP contribution in [0.4, 0.5) is 11.4 Å². The average molecular weight is 405 g/mol. The van der Waals surface area contributed by atoms with Crippen molar-refractivity contribution in [2.24, 2.45) is 0 Å². The molecular formula is C19H16N3NaO4S. The van der Waals surface area contributed by atoms with Crippen molar-refractivity contribution >= 4 is 21.5 Å². The van der Waals surface area contributed by atoms with Gasteiger partial charge >= 0.3 is 29.6 Å². The first kappa shape index (κ1) is 20.8. The minimum Gasteiger partial charge on any atom is -0.746 e. The van der Waals surface area contributed by atoms with Crippen molar-refractivity contribution in [3.63, 3.8) is 0 Å². The number of hydrogen-bond donors (Lipinski definition) is 0. The minimum atomic E-state index is -4.92. The summed E-state index contributed by atoms with van der Waals surface area (Å²) in [5.41, 5.74) is 0.926. The zero-order valence-electron chi connectivity index (χ0n) is 15.4. The Morgan fingerprint density at radius 1 is 0.964 bits per heavy atom. The number of fused-ring (bicyclic) bond motifs is 2. The molecule has 0 N–H and O–H groups in total. The third kappa shape index (κ3) is 3.11. The third-order valence-corrected chi connectivity index (χ3v) is 6.08. The second-order valence-corrected chi connectivity index (χ2v) is 7.62. The summed E-state index contributed by atoms with van der Waals surface area (Å²) >= 11 is 0. The number of para-hydroxylation sites is 4. The van der Waals surface area contributed by atoms with Crippen LogP contribution in [-0.4, -0.2) is 22.9 Å². The van der Waals surface area contributed by atoms with E-state index >= 15 is 0 Å². The molecule has 0 saturated carbocycles. The van der Waals surface area contributed by atoms with Gasteiger partial charge in [-0.15, -0.1) is 0 Å². The predicted molar refractivity (Wildman–Crippen MR) is 98.8 cm³/mol. The molecule has 1 unspecified atom stereocenters. The number of aromatic nitrogens is 2. The molecule has 1 aliphatic rings. The summed E-state index contributed by atoms with van der Waals surface area (Å²) in [5, 5.41) is 0. The molecule has 9 heteroatoms. The number of anilines is 2. The summed E-state index contributed by atoms with van der Waals surface area (Å²) in [6.45, 7) is 1.63. The average Bonchev–Trinajstić information content (AvgIpc) is 2.68. The Labute approximate surface area is 185 Å². The van der Waals surface area contributed by atoms with Crippen LogP contribution in [0.25, 0.3) is 0 Å². The van der Waals surface area contributed by atoms with Crippen molar-refractivity contribution in [1.82, 2.24) is 9.97 Å². The summed E-state index contributed by atoms with van der Waals surface area (Å²) in [6, 6.07) is 15.5. The van der Waals surface area contributed by atoms with E-state index in [9.17, 15) is 13.0 Å². The standard InChI is InChI=1S/C19H17N3O4S.Na/c1-2-19(27(23,24)25,18-20-12-7-13-21-18)22-14-8-3-5-10-16(14)26-17-11-6-4-9-15(17)22;/h3-13H,2H2,1H3,(H,23,24,25);/q;+1/p-1. The molecule has 2 heterocycles. The van der Waals surface area contributed by atoms with E-state index in [1.165, 1.54) is 17.3 Å². The molecule has 138 valence electrons. The number of rotatable bonds is 4. The molecule has 2 aromatic carbocycles. The third-order valence-electron chi connectivity index (χ3n) is 4.60. The maximum absolute atomic E-state index is 12.7. The van der Waals surface area contributed by atoms with Crippen LogP contribution in [0.15, 0.2) is 67.0 Å². The molecule has 4 rings (SSSR count). The summed E-state index contributed by atoms with van der Waals surface area (Å²) < 4.78 is 44.0. The van der Waals surface area contributed by atoms with Gasteiger partial charge in [0.05, 0.1) is 11.4 Å². The molecule has 1 aliphatic heterocycles. The van der Waals surface area contributed by atoms with Gasteiger partial charge in [0, 0.05) is 12.4 Å². The smallest absolute Gasteiger partial charge is 0.746 e. The van der Waals surface area contributed by atoms with Crippen molar-refractivity contribution in [1.29, 1.82) is 0 Å². The molecule has 0 saturated heterocycles. The Bertz CT molecular complexity index is 1050. The van der Waals surface area contributed by atoms with E-state index in [2.05, 4.69) is 9.97 Å². The Morgan fingerprint density at radius 3 is 1.93 bits per heavy atom. The van der Waals surface area contributed by atoms with Crippen molar-refractivity contribution in [3.8, 4) is 11.5 Å². The molecule has 7 nitrogen and oxygen atoms in total. The number of benzene rings is 2. The van der Waals surface area contributed by atoms with E-state index in [0.717, 1.165) is 0 Å². The topological polar surface area (TPSA) is 95.5 Å². The van der Waals surface area contributed by atoms with E-state index in [1.54, 1.807) is 61.5 Å². The Kier molecular flexibility index (Phi) is 5.79. The van der Waals surface area contributed by atoms with Crippen LogP contribution in [0.2, 0.25) is 0 Å². The summed E-state index contributed by atoms with van der Waals surface area (Å²) in [6.07, 6.45) is 2.80. The van der Waals surface area contributed by atoms with Gasteiger partial charge < -0.3 is 14.2 Å². The molecule has 1 aromatic heterocycles. The van der Waals surface area contributed by atoms with Crippen LogP contribution < -0.4 is 39.2 Å². The molecule has 28 heavy (non-hydrogen) atoms. The largest absolute Gasteiger partial charge is 1.00 e. The van der Waals surface area contributed by atoms with Crippen LogP contribution in [0.1, 0.15) is 19.2 Å².